The van der Waals surface area contributed by atoms with Gasteiger partial charge in [-0.15, -0.1) is 11.3 Å². The van der Waals surface area contributed by atoms with Crippen LogP contribution in [0.5, 0.6) is 5.75 Å². The van der Waals surface area contributed by atoms with Crippen LogP contribution in [0.15, 0.2) is 41.8 Å². The average Bonchev–Trinajstić information content (AvgIpc) is 3.46. The van der Waals surface area contributed by atoms with Crippen molar-refractivity contribution in [3.8, 4) is 5.75 Å². The second kappa shape index (κ2) is 8.78. The lowest BCUT2D eigenvalue weighted by Crippen LogP contribution is -2.41. The van der Waals surface area contributed by atoms with E-state index >= 15 is 0 Å². The first kappa shape index (κ1) is 19.0. The number of likely N-dealkylation sites (tertiary alicyclic amines) is 2. The van der Waals surface area contributed by atoms with Crippen LogP contribution in [0.3, 0.4) is 0 Å². The Morgan fingerprint density at radius 2 is 1.82 bits per heavy atom. The van der Waals surface area contributed by atoms with Crippen LogP contribution in [0.4, 0.5) is 0 Å². The highest BCUT2D eigenvalue weighted by molar-refractivity contribution is 7.12. The molecule has 2 amide bonds. The normalized spacial score (nSPS) is 19.6. The topological polar surface area (TPSA) is 49.9 Å². The number of hydrogen-bond acceptors (Lipinski definition) is 4. The van der Waals surface area contributed by atoms with Crippen molar-refractivity contribution in [2.24, 2.45) is 5.92 Å². The van der Waals surface area contributed by atoms with Gasteiger partial charge in [-0.2, -0.15) is 0 Å². The van der Waals surface area contributed by atoms with E-state index in [1.807, 2.05) is 51.6 Å². The fourth-order valence-electron chi connectivity index (χ4n) is 3.98. The van der Waals surface area contributed by atoms with Gasteiger partial charge in [-0.1, -0.05) is 12.1 Å². The Bertz CT molecular complexity index is 815. The van der Waals surface area contributed by atoms with Crippen LogP contribution in [0, 0.1) is 5.92 Å². The van der Waals surface area contributed by atoms with Crippen LogP contribution >= 0.6 is 11.3 Å². The van der Waals surface area contributed by atoms with Crippen molar-refractivity contribution in [1.82, 2.24) is 9.80 Å². The summed E-state index contributed by atoms with van der Waals surface area (Å²) >= 11 is 1.49. The molecule has 0 radical (unpaired) electrons. The molecule has 6 heteroatoms. The first-order valence-corrected chi connectivity index (χ1v) is 10.9. The third kappa shape index (κ3) is 4.38. The predicted molar refractivity (Wildman–Crippen MR) is 110 cm³/mol. The van der Waals surface area contributed by atoms with Gasteiger partial charge in [-0.05, 0) is 55.3 Å². The SMILES string of the molecule is O=C(c1cccc(OC[C@@H]2CCCN(C(=O)c3cccs3)C2)c1)N1CCCC1. The van der Waals surface area contributed by atoms with E-state index in [1.54, 1.807) is 0 Å². The van der Waals surface area contributed by atoms with E-state index in [-0.39, 0.29) is 11.8 Å². The summed E-state index contributed by atoms with van der Waals surface area (Å²) in [6.07, 6.45) is 4.23. The van der Waals surface area contributed by atoms with E-state index in [2.05, 4.69) is 0 Å². The van der Waals surface area contributed by atoms with Crippen molar-refractivity contribution in [2.45, 2.75) is 25.7 Å². The third-order valence-corrected chi connectivity index (χ3v) is 6.36. The molecule has 0 N–H and O–H groups in total. The summed E-state index contributed by atoms with van der Waals surface area (Å²) in [4.78, 5) is 29.8. The average molecular weight is 399 g/mol. The summed E-state index contributed by atoms with van der Waals surface area (Å²) < 4.78 is 6.01. The Kier molecular flexibility index (Phi) is 5.95. The Hall–Kier alpha value is -2.34. The number of hydrogen-bond donors (Lipinski definition) is 0. The van der Waals surface area contributed by atoms with Crippen LogP contribution in [0.25, 0.3) is 0 Å². The molecule has 0 spiro atoms. The maximum absolute atomic E-state index is 12.6. The molecule has 1 aromatic carbocycles. The van der Waals surface area contributed by atoms with Gasteiger partial charge in [0.05, 0.1) is 11.5 Å². The fourth-order valence-corrected chi connectivity index (χ4v) is 4.67. The molecule has 2 aromatic rings. The fraction of sp³-hybridized carbons (Fsp3) is 0.455. The first-order chi connectivity index (χ1) is 13.7. The molecule has 1 aromatic heterocycles. The van der Waals surface area contributed by atoms with Gasteiger partial charge in [0.15, 0.2) is 0 Å². The minimum absolute atomic E-state index is 0.0911. The number of benzene rings is 1. The molecule has 0 unspecified atom stereocenters. The third-order valence-electron chi connectivity index (χ3n) is 5.50. The van der Waals surface area contributed by atoms with Crippen molar-refractivity contribution in [3.05, 3.63) is 52.2 Å². The summed E-state index contributed by atoms with van der Waals surface area (Å²) in [5.41, 5.74) is 0.692. The molecule has 148 valence electrons. The molecule has 3 heterocycles. The highest BCUT2D eigenvalue weighted by Gasteiger charge is 2.25. The van der Waals surface area contributed by atoms with E-state index in [9.17, 15) is 9.59 Å². The Labute approximate surface area is 169 Å². The van der Waals surface area contributed by atoms with Gasteiger partial charge in [-0.25, -0.2) is 0 Å². The zero-order valence-corrected chi connectivity index (χ0v) is 16.8. The van der Waals surface area contributed by atoms with Crippen LogP contribution in [-0.4, -0.2) is 54.4 Å². The standard InChI is InChI=1S/C22H26N2O3S/c25-21(23-10-1-2-11-23)18-7-3-8-19(14-18)27-16-17-6-4-12-24(15-17)22(26)20-9-5-13-28-20/h3,5,7-9,13-14,17H,1-2,4,6,10-12,15-16H2/t17-/m1/s1. The summed E-state index contributed by atoms with van der Waals surface area (Å²) in [5, 5.41) is 1.94. The maximum Gasteiger partial charge on any atom is 0.263 e. The van der Waals surface area contributed by atoms with Crippen molar-refractivity contribution >= 4 is 23.2 Å². The number of thiophene rings is 1. The zero-order valence-electron chi connectivity index (χ0n) is 16.0. The summed E-state index contributed by atoms with van der Waals surface area (Å²) in [7, 11) is 0. The van der Waals surface area contributed by atoms with Crippen LogP contribution in [-0.2, 0) is 0 Å². The van der Waals surface area contributed by atoms with E-state index < -0.39 is 0 Å². The lowest BCUT2D eigenvalue weighted by molar-refractivity contribution is 0.0637. The smallest absolute Gasteiger partial charge is 0.263 e. The molecule has 0 saturated carbocycles. The molecule has 5 nitrogen and oxygen atoms in total. The van der Waals surface area contributed by atoms with Gasteiger partial charge in [0.1, 0.15) is 5.75 Å². The molecule has 0 aliphatic carbocycles. The number of nitrogens with zero attached hydrogens (tertiary/aromatic N) is 2. The highest BCUT2D eigenvalue weighted by Crippen LogP contribution is 2.23. The predicted octanol–water partition coefficient (Wildman–Crippen LogP) is 3.92. The number of rotatable bonds is 5. The second-order valence-electron chi connectivity index (χ2n) is 7.57. The highest BCUT2D eigenvalue weighted by atomic mass is 32.1. The number of amides is 2. The molecule has 28 heavy (non-hydrogen) atoms. The van der Waals surface area contributed by atoms with Gasteiger partial charge in [0.25, 0.3) is 11.8 Å². The van der Waals surface area contributed by atoms with E-state index in [1.165, 1.54) is 11.3 Å². The van der Waals surface area contributed by atoms with Crippen molar-refractivity contribution < 1.29 is 14.3 Å². The van der Waals surface area contributed by atoms with Crippen LogP contribution < -0.4 is 4.74 Å². The largest absolute Gasteiger partial charge is 0.493 e. The molecule has 2 saturated heterocycles. The van der Waals surface area contributed by atoms with Gasteiger partial charge in [0.2, 0.25) is 0 Å². The monoisotopic (exact) mass is 398 g/mol. The Balaban J connectivity index is 1.33. The summed E-state index contributed by atoms with van der Waals surface area (Å²) in [6, 6.07) is 11.3. The Morgan fingerprint density at radius 3 is 2.61 bits per heavy atom. The lowest BCUT2D eigenvalue weighted by Gasteiger charge is -2.32. The molecule has 2 aliphatic heterocycles. The van der Waals surface area contributed by atoms with Crippen molar-refractivity contribution in [2.75, 3.05) is 32.8 Å². The van der Waals surface area contributed by atoms with Crippen molar-refractivity contribution in [1.29, 1.82) is 0 Å². The molecule has 2 fully saturated rings. The minimum atomic E-state index is 0.0911. The second-order valence-corrected chi connectivity index (χ2v) is 8.52. The van der Waals surface area contributed by atoms with Gasteiger partial charge in [-0.3, -0.25) is 9.59 Å². The molecule has 0 bridgehead atoms. The van der Waals surface area contributed by atoms with Crippen LogP contribution in [0.2, 0.25) is 0 Å². The number of carbonyl (C=O) groups is 2. The number of carbonyl (C=O) groups excluding carboxylic acids is 2. The zero-order chi connectivity index (χ0) is 19.3. The molecule has 4 rings (SSSR count). The number of ether oxygens (including phenoxy) is 1. The quantitative estimate of drug-likeness (QED) is 0.767. The van der Waals surface area contributed by atoms with Gasteiger partial charge in [0, 0.05) is 37.7 Å². The number of piperidine rings is 1. The van der Waals surface area contributed by atoms with E-state index in [0.29, 0.717) is 18.1 Å². The molecular formula is C22H26N2O3S. The Morgan fingerprint density at radius 1 is 1.00 bits per heavy atom. The van der Waals surface area contributed by atoms with Crippen LogP contribution in [0.1, 0.15) is 45.7 Å². The minimum Gasteiger partial charge on any atom is -0.493 e. The summed E-state index contributed by atoms with van der Waals surface area (Å²) in [5.74, 6) is 1.26. The molecular weight excluding hydrogens is 372 g/mol. The molecule has 1 atom stereocenters. The molecule has 2 aliphatic rings. The van der Waals surface area contributed by atoms with Gasteiger partial charge >= 0.3 is 0 Å². The van der Waals surface area contributed by atoms with E-state index in [4.69, 9.17) is 4.74 Å². The first-order valence-electron chi connectivity index (χ1n) is 10.1. The lowest BCUT2D eigenvalue weighted by atomic mass is 9.99. The van der Waals surface area contributed by atoms with E-state index in [0.717, 1.165) is 62.5 Å². The maximum atomic E-state index is 12.6. The summed E-state index contributed by atoms with van der Waals surface area (Å²) in [6.45, 7) is 3.80. The van der Waals surface area contributed by atoms with Crippen molar-refractivity contribution in [3.63, 3.8) is 0 Å². The van der Waals surface area contributed by atoms with Gasteiger partial charge < -0.3 is 14.5 Å².